The molecule has 0 aromatic heterocycles. The van der Waals surface area contributed by atoms with Crippen molar-refractivity contribution in [1.29, 1.82) is 0 Å². The molecular formula is C13H19NO3. The first kappa shape index (κ1) is 13.4. The molecule has 0 heterocycles. The number of phenolic OH excluding ortho intramolecular Hbond substituents is 1. The van der Waals surface area contributed by atoms with Crippen LogP contribution in [0, 0.1) is 0 Å². The summed E-state index contributed by atoms with van der Waals surface area (Å²) in [6.07, 6.45) is 1.13. The van der Waals surface area contributed by atoms with Crippen molar-refractivity contribution in [3.8, 4) is 5.75 Å². The van der Waals surface area contributed by atoms with Crippen LogP contribution in [-0.2, 0) is 11.2 Å². The Kier molecular flexibility index (Phi) is 4.37. The van der Waals surface area contributed by atoms with E-state index in [1.165, 1.54) is 0 Å². The van der Waals surface area contributed by atoms with Gasteiger partial charge in [-0.05, 0) is 29.9 Å². The molecule has 4 heteroatoms. The summed E-state index contributed by atoms with van der Waals surface area (Å²) in [5.74, 6) is -0.466. The quantitative estimate of drug-likeness (QED) is 0.542. The van der Waals surface area contributed by atoms with Crippen LogP contribution in [0.15, 0.2) is 12.1 Å². The second-order valence-electron chi connectivity index (χ2n) is 4.48. The Bertz CT molecular complexity index is 413. The van der Waals surface area contributed by atoms with Gasteiger partial charge in [0, 0.05) is 6.42 Å². The zero-order valence-corrected chi connectivity index (χ0v) is 10.2. The summed E-state index contributed by atoms with van der Waals surface area (Å²) in [6.45, 7) is 4.02. The molecule has 1 aromatic rings. The summed E-state index contributed by atoms with van der Waals surface area (Å²) >= 11 is 0. The predicted molar refractivity (Wildman–Crippen MR) is 67.2 cm³/mol. The van der Waals surface area contributed by atoms with Crippen LogP contribution >= 0.6 is 0 Å². The SMILES string of the molecule is CC(C)c1ccc(CCCC(=O)O)c(O)c1N. The monoisotopic (exact) mass is 237 g/mol. The number of carboxylic acid groups (broad SMARTS) is 1. The van der Waals surface area contributed by atoms with E-state index >= 15 is 0 Å². The van der Waals surface area contributed by atoms with Crippen molar-refractivity contribution in [2.75, 3.05) is 5.73 Å². The van der Waals surface area contributed by atoms with E-state index in [2.05, 4.69) is 0 Å². The molecule has 0 aliphatic heterocycles. The number of nitrogens with two attached hydrogens (primary N) is 1. The second kappa shape index (κ2) is 5.57. The second-order valence-corrected chi connectivity index (χ2v) is 4.48. The van der Waals surface area contributed by atoms with Crippen molar-refractivity contribution < 1.29 is 15.0 Å². The molecule has 1 aromatic carbocycles. The first-order valence-electron chi connectivity index (χ1n) is 5.75. The summed E-state index contributed by atoms with van der Waals surface area (Å²) in [4.78, 5) is 10.4. The first-order valence-corrected chi connectivity index (χ1v) is 5.75. The van der Waals surface area contributed by atoms with E-state index in [9.17, 15) is 9.90 Å². The number of hydrogen-bond donors (Lipinski definition) is 3. The van der Waals surface area contributed by atoms with Crippen LogP contribution in [0.4, 0.5) is 5.69 Å². The van der Waals surface area contributed by atoms with E-state index in [4.69, 9.17) is 10.8 Å². The summed E-state index contributed by atoms with van der Waals surface area (Å²) in [6, 6.07) is 3.72. The molecule has 0 aliphatic rings. The number of nitrogen functional groups attached to an aromatic ring is 1. The van der Waals surface area contributed by atoms with Crippen LogP contribution in [-0.4, -0.2) is 16.2 Å². The van der Waals surface area contributed by atoms with Crippen molar-refractivity contribution in [3.05, 3.63) is 23.3 Å². The highest BCUT2D eigenvalue weighted by atomic mass is 16.4. The van der Waals surface area contributed by atoms with Crippen molar-refractivity contribution >= 4 is 11.7 Å². The maximum atomic E-state index is 10.4. The fourth-order valence-corrected chi connectivity index (χ4v) is 1.80. The van der Waals surface area contributed by atoms with E-state index in [1.54, 1.807) is 0 Å². The van der Waals surface area contributed by atoms with E-state index < -0.39 is 5.97 Å². The minimum atomic E-state index is -0.823. The van der Waals surface area contributed by atoms with E-state index in [-0.39, 0.29) is 18.1 Å². The molecule has 0 bridgehead atoms. The minimum absolute atomic E-state index is 0.0987. The lowest BCUT2D eigenvalue weighted by atomic mass is 9.96. The molecule has 17 heavy (non-hydrogen) atoms. The van der Waals surface area contributed by atoms with Gasteiger partial charge in [-0.3, -0.25) is 4.79 Å². The van der Waals surface area contributed by atoms with Gasteiger partial charge in [-0.1, -0.05) is 26.0 Å². The minimum Gasteiger partial charge on any atom is -0.505 e. The number of hydrogen-bond acceptors (Lipinski definition) is 3. The number of aliphatic carboxylic acids is 1. The van der Waals surface area contributed by atoms with Gasteiger partial charge in [0.05, 0.1) is 5.69 Å². The lowest BCUT2D eigenvalue weighted by Crippen LogP contribution is -2.01. The van der Waals surface area contributed by atoms with Crippen molar-refractivity contribution in [1.82, 2.24) is 0 Å². The Morgan fingerprint density at radius 2 is 2.06 bits per heavy atom. The summed E-state index contributed by atoms with van der Waals surface area (Å²) < 4.78 is 0. The molecule has 0 radical (unpaired) electrons. The molecule has 94 valence electrons. The maximum Gasteiger partial charge on any atom is 0.303 e. The van der Waals surface area contributed by atoms with Gasteiger partial charge < -0.3 is 15.9 Å². The number of phenols is 1. The number of carboxylic acids is 1. The highest BCUT2D eigenvalue weighted by Crippen LogP contribution is 2.33. The van der Waals surface area contributed by atoms with E-state index in [1.807, 2.05) is 26.0 Å². The highest BCUT2D eigenvalue weighted by molar-refractivity contribution is 5.67. The number of benzene rings is 1. The van der Waals surface area contributed by atoms with Gasteiger partial charge in [0.25, 0.3) is 0 Å². The molecular weight excluding hydrogens is 218 g/mol. The third-order valence-corrected chi connectivity index (χ3v) is 2.79. The molecule has 4 N–H and O–H groups in total. The molecule has 0 saturated carbocycles. The summed E-state index contributed by atoms with van der Waals surface area (Å²) in [7, 11) is 0. The molecule has 0 saturated heterocycles. The van der Waals surface area contributed by atoms with Crippen molar-refractivity contribution in [2.45, 2.75) is 39.0 Å². The lowest BCUT2D eigenvalue weighted by Gasteiger charge is -2.13. The van der Waals surface area contributed by atoms with Crippen LogP contribution in [0.2, 0.25) is 0 Å². The Hall–Kier alpha value is -1.71. The molecule has 4 nitrogen and oxygen atoms in total. The zero-order chi connectivity index (χ0) is 13.0. The molecule has 1 rings (SSSR count). The fraction of sp³-hybridized carbons (Fsp3) is 0.462. The lowest BCUT2D eigenvalue weighted by molar-refractivity contribution is -0.137. The Morgan fingerprint density at radius 3 is 2.59 bits per heavy atom. The molecule has 0 spiro atoms. The van der Waals surface area contributed by atoms with Crippen molar-refractivity contribution in [3.63, 3.8) is 0 Å². The highest BCUT2D eigenvalue weighted by Gasteiger charge is 2.12. The topological polar surface area (TPSA) is 83.5 Å². The summed E-state index contributed by atoms with van der Waals surface area (Å²) in [5.41, 5.74) is 7.90. The van der Waals surface area contributed by atoms with E-state index in [0.717, 1.165) is 5.56 Å². The molecule has 0 fully saturated rings. The van der Waals surface area contributed by atoms with Gasteiger partial charge >= 0.3 is 5.97 Å². The Labute approximate surface area is 101 Å². The Balaban J connectivity index is 2.82. The van der Waals surface area contributed by atoms with Gasteiger partial charge in [0.15, 0.2) is 0 Å². The van der Waals surface area contributed by atoms with E-state index in [0.29, 0.717) is 24.1 Å². The summed E-state index contributed by atoms with van der Waals surface area (Å²) in [5, 5.41) is 18.5. The predicted octanol–water partition coefficient (Wildman–Crippen LogP) is 2.51. The van der Waals surface area contributed by atoms with Crippen LogP contribution < -0.4 is 5.73 Å². The van der Waals surface area contributed by atoms with Gasteiger partial charge in [0.2, 0.25) is 0 Å². The molecule has 0 aliphatic carbocycles. The van der Waals surface area contributed by atoms with Crippen LogP contribution in [0.5, 0.6) is 5.75 Å². The number of aromatic hydroxyl groups is 1. The zero-order valence-electron chi connectivity index (χ0n) is 10.2. The third kappa shape index (κ3) is 3.37. The van der Waals surface area contributed by atoms with Crippen molar-refractivity contribution in [2.24, 2.45) is 0 Å². The normalized spacial score (nSPS) is 10.8. The third-order valence-electron chi connectivity index (χ3n) is 2.79. The molecule has 0 amide bonds. The largest absolute Gasteiger partial charge is 0.505 e. The standard InChI is InChI=1S/C13H19NO3/c1-8(2)10-7-6-9(13(17)12(10)14)4-3-5-11(15)16/h6-8,17H,3-5,14H2,1-2H3,(H,15,16). The Morgan fingerprint density at radius 1 is 1.41 bits per heavy atom. The van der Waals surface area contributed by atoms with Gasteiger partial charge in [-0.2, -0.15) is 0 Å². The van der Waals surface area contributed by atoms with Crippen LogP contribution in [0.3, 0.4) is 0 Å². The van der Waals surface area contributed by atoms with Gasteiger partial charge in [-0.25, -0.2) is 0 Å². The van der Waals surface area contributed by atoms with Crippen LogP contribution in [0.25, 0.3) is 0 Å². The van der Waals surface area contributed by atoms with Crippen LogP contribution in [0.1, 0.15) is 43.7 Å². The maximum absolute atomic E-state index is 10.4. The number of rotatable bonds is 5. The number of aryl methyl sites for hydroxylation is 1. The van der Waals surface area contributed by atoms with Gasteiger partial charge in [0.1, 0.15) is 5.75 Å². The average molecular weight is 237 g/mol. The average Bonchev–Trinajstić information content (AvgIpc) is 2.23. The van der Waals surface area contributed by atoms with Gasteiger partial charge in [-0.15, -0.1) is 0 Å². The molecule has 0 unspecified atom stereocenters. The fourth-order valence-electron chi connectivity index (χ4n) is 1.80. The first-order chi connectivity index (χ1) is 7.93. The number of anilines is 1. The number of carbonyl (C=O) groups is 1. The molecule has 0 atom stereocenters. The smallest absolute Gasteiger partial charge is 0.303 e.